The van der Waals surface area contributed by atoms with Gasteiger partial charge >= 0.3 is 0 Å². The van der Waals surface area contributed by atoms with Crippen LogP contribution in [0, 0.1) is 66.7 Å². The highest BCUT2D eigenvalue weighted by Crippen LogP contribution is 2.53. The molecule has 0 radical (unpaired) electrons. The summed E-state index contributed by atoms with van der Waals surface area (Å²) < 4.78 is 12.3. The van der Waals surface area contributed by atoms with Crippen molar-refractivity contribution in [3.05, 3.63) is 257 Å². The van der Waals surface area contributed by atoms with Gasteiger partial charge in [0.05, 0.1) is 83.6 Å². The van der Waals surface area contributed by atoms with E-state index in [0.29, 0.717) is 5.56 Å². The zero-order valence-electron chi connectivity index (χ0n) is 49.7. The predicted molar refractivity (Wildman–Crippen MR) is 362 cm³/mol. The number of fused-ring (bicyclic) bond motifs is 15. The van der Waals surface area contributed by atoms with Crippen LogP contribution in [0.25, 0.3) is 149 Å². The van der Waals surface area contributed by atoms with E-state index >= 15 is 0 Å². The molecule has 0 fully saturated rings. The number of aromatic nitrogens is 7. The van der Waals surface area contributed by atoms with Crippen molar-refractivity contribution in [3.8, 4) is 45.6 Å². The number of hydrogen-bond donors (Lipinski definition) is 0. The van der Waals surface area contributed by atoms with E-state index < -0.39 is 0 Å². The lowest BCUT2D eigenvalue weighted by molar-refractivity contribution is 1.03. The first-order valence-electron chi connectivity index (χ1n) is 29.9. The number of para-hydroxylation sites is 1. The largest absolute Gasteiger partial charge is 0.306 e. The summed E-state index contributed by atoms with van der Waals surface area (Å²) in [5.41, 5.74) is 27.5. The molecule has 7 aromatic heterocycles. The molecule has 0 unspecified atom stereocenters. The fourth-order valence-electron chi connectivity index (χ4n) is 14.7. The van der Waals surface area contributed by atoms with Crippen LogP contribution < -0.4 is 0 Å². The van der Waals surface area contributed by atoms with E-state index in [1.54, 1.807) is 0 Å². The van der Waals surface area contributed by atoms with Crippen molar-refractivity contribution in [1.29, 1.82) is 5.26 Å². The van der Waals surface area contributed by atoms with E-state index in [1.165, 1.54) is 0 Å². The Morgan fingerprint density at radius 3 is 0.851 bits per heavy atom. The van der Waals surface area contributed by atoms with Crippen LogP contribution in [0.1, 0.15) is 50.1 Å². The van der Waals surface area contributed by atoms with Gasteiger partial charge in [-0.2, -0.15) is 5.26 Å². The second-order valence-corrected chi connectivity index (χ2v) is 24.4. The molecule has 10 aromatic carbocycles. The molecular weight excluding hydrogens is 1060 g/mol. The molecule has 0 saturated heterocycles. The Balaban J connectivity index is 1.25. The van der Waals surface area contributed by atoms with Gasteiger partial charge in [-0.05, 0) is 183 Å². The normalized spacial score (nSPS) is 12.1. The molecule has 0 aliphatic heterocycles. The van der Waals surface area contributed by atoms with Gasteiger partial charge in [-0.25, -0.2) is 0 Å². The fourth-order valence-corrected chi connectivity index (χ4v) is 14.7. The van der Waals surface area contributed by atoms with E-state index in [9.17, 15) is 5.26 Å². The van der Waals surface area contributed by atoms with Gasteiger partial charge in [0.1, 0.15) is 22.7 Å². The van der Waals surface area contributed by atoms with E-state index in [2.05, 4.69) is 266 Å². The molecule has 0 bridgehead atoms. The van der Waals surface area contributed by atoms with Crippen molar-refractivity contribution in [1.82, 2.24) is 32.8 Å². The van der Waals surface area contributed by atoms with E-state index in [0.717, 1.165) is 193 Å². The standard InChI is InChI=1S/C79H58N8/c1-44-17-25-63-53(35-44)54-36-45(2)18-26-64(54)84(63)76-61(43-80)77(85-65-27-19-46(3)37-55(65)56-38-47(4)20-28-66(56)85)79(87-69-31-23-50(7)41-59(69)60-42-51(8)24-32-70(60)87)73(78(76)86-67-29-21-48(5)39-57(67)58-40-49(6)22-30-68(58)86)52-13-9-10-14-62(52)83-71-15-11-33-81-74(71)75-72(83)16-12-34-82-75/h9-42H,1-8H3. The zero-order chi connectivity index (χ0) is 58.8. The molecular formula is C79H58N8. The molecule has 0 aliphatic carbocycles. The van der Waals surface area contributed by atoms with Gasteiger partial charge in [-0.3, -0.25) is 9.97 Å². The summed E-state index contributed by atoms with van der Waals surface area (Å²) in [6.07, 6.45) is 3.73. The minimum absolute atomic E-state index is 0.523. The first-order chi connectivity index (χ1) is 42.4. The molecule has 87 heavy (non-hydrogen) atoms. The van der Waals surface area contributed by atoms with Crippen LogP contribution in [-0.4, -0.2) is 32.8 Å². The maximum atomic E-state index is 13.3. The third kappa shape index (κ3) is 7.17. The summed E-state index contributed by atoms with van der Waals surface area (Å²) >= 11 is 0. The van der Waals surface area contributed by atoms with Gasteiger partial charge in [0.25, 0.3) is 0 Å². The first-order valence-corrected chi connectivity index (χ1v) is 29.9. The Labute approximate surface area is 502 Å². The summed E-state index contributed by atoms with van der Waals surface area (Å²) in [6, 6.07) is 75.2. The topological polar surface area (TPSA) is 74.2 Å². The second kappa shape index (κ2) is 18.5. The summed E-state index contributed by atoms with van der Waals surface area (Å²) in [4.78, 5) is 10.1. The average Bonchev–Trinajstić information content (AvgIpc) is 1.63. The van der Waals surface area contributed by atoms with Crippen LogP contribution in [0.15, 0.2) is 207 Å². The van der Waals surface area contributed by atoms with Crippen molar-refractivity contribution in [2.24, 2.45) is 0 Å². The van der Waals surface area contributed by atoms with Crippen LogP contribution in [-0.2, 0) is 0 Å². The minimum atomic E-state index is 0.523. The summed E-state index contributed by atoms with van der Waals surface area (Å²) in [7, 11) is 0. The molecule has 0 amide bonds. The van der Waals surface area contributed by atoms with Crippen molar-refractivity contribution >= 4 is 109 Å². The first kappa shape index (κ1) is 50.5. The molecule has 8 heteroatoms. The molecule has 414 valence electrons. The van der Waals surface area contributed by atoms with Crippen molar-refractivity contribution in [3.63, 3.8) is 0 Å². The number of nitrogens with zero attached hydrogens (tertiary/aromatic N) is 8. The zero-order valence-corrected chi connectivity index (χ0v) is 49.7. The molecule has 0 N–H and O–H groups in total. The molecule has 0 spiro atoms. The Bertz CT molecular complexity index is 5370. The lowest BCUT2D eigenvalue weighted by Gasteiger charge is -2.30. The highest BCUT2D eigenvalue weighted by Gasteiger charge is 2.36. The van der Waals surface area contributed by atoms with Crippen molar-refractivity contribution in [2.75, 3.05) is 0 Å². The SMILES string of the molecule is Cc1ccc2c(c1)c1cc(C)ccc1n2-c1c(C#N)c(-n2c3ccc(C)cc3c3cc(C)ccc32)c(-n2c3ccc(C)cc3c3cc(C)ccc32)c(-c2ccccc2-n2c3cccnc3c3ncccc32)c1-n1c2ccc(C)cc2c2cc(C)ccc21. The van der Waals surface area contributed by atoms with Gasteiger partial charge in [0.2, 0.25) is 0 Å². The molecule has 0 atom stereocenters. The Morgan fingerprint density at radius 1 is 0.287 bits per heavy atom. The molecule has 17 aromatic rings. The third-order valence-corrected chi connectivity index (χ3v) is 18.4. The monoisotopic (exact) mass is 1120 g/mol. The molecule has 0 saturated carbocycles. The van der Waals surface area contributed by atoms with E-state index in [-0.39, 0.29) is 0 Å². The lowest BCUT2D eigenvalue weighted by atomic mass is 9.92. The number of rotatable bonds is 6. The van der Waals surface area contributed by atoms with E-state index in [1.807, 2.05) is 24.5 Å². The van der Waals surface area contributed by atoms with Gasteiger partial charge in [-0.15, -0.1) is 0 Å². The minimum Gasteiger partial charge on any atom is -0.306 e. The Kier molecular flexibility index (Phi) is 10.7. The number of aryl methyl sites for hydroxylation is 8. The predicted octanol–water partition coefficient (Wildman–Crippen LogP) is 20.0. The van der Waals surface area contributed by atoms with Crippen LogP contribution in [0.2, 0.25) is 0 Å². The van der Waals surface area contributed by atoms with E-state index in [4.69, 9.17) is 9.97 Å². The summed E-state index contributed by atoms with van der Waals surface area (Å²) in [5, 5.41) is 22.3. The maximum Gasteiger partial charge on any atom is 0.115 e. The van der Waals surface area contributed by atoms with Crippen LogP contribution in [0.3, 0.4) is 0 Å². The quantitative estimate of drug-likeness (QED) is 0.166. The third-order valence-electron chi connectivity index (χ3n) is 18.4. The molecule has 8 nitrogen and oxygen atoms in total. The van der Waals surface area contributed by atoms with Gasteiger partial charge in [-0.1, -0.05) is 111 Å². The van der Waals surface area contributed by atoms with Gasteiger partial charge in [0, 0.05) is 66.6 Å². The van der Waals surface area contributed by atoms with Crippen LogP contribution >= 0.6 is 0 Å². The van der Waals surface area contributed by atoms with Gasteiger partial charge in [0.15, 0.2) is 0 Å². The number of hydrogen-bond acceptors (Lipinski definition) is 3. The maximum absolute atomic E-state index is 13.3. The molecule has 7 heterocycles. The van der Waals surface area contributed by atoms with Crippen LogP contribution in [0.5, 0.6) is 0 Å². The van der Waals surface area contributed by atoms with Crippen molar-refractivity contribution in [2.45, 2.75) is 55.4 Å². The van der Waals surface area contributed by atoms with Gasteiger partial charge < -0.3 is 22.8 Å². The second-order valence-electron chi connectivity index (χ2n) is 24.4. The highest BCUT2D eigenvalue weighted by molar-refractivity contribution is 6.18. The fraction of sp³-hybridized carbons (Fsp3) is 0.101. The Hall–Kier alpha value is -11.0. The van der Waals surface area contributed by atoms with Crippen LogP contribution in [0.4, 0.5) is 0 Å². The molecule has 0 aliphatic rings. The molecule has 17 rings (SSSR count). The smallest absolute Gasteiger partial charge is 0.115 e. The number of benzene rings is 10. The number of pyridine rings is 2. The highest BCUT2D eigenvalue weighted by atomic mass is 15.1. The summed E-state index contributed by atoms with van der Waals surface area (Å²) in [5.74, 6) is 0. The lowest BCUT2D eigenvalue weighted by Crippen LogP contribution is -2.17. The Morgan fingerprint density at radius 2 is 0.563 bits per heavy atom. The summed E-state index contributed by atoms with van der Waals surface area (Å²) in [6.45, 7) is 17.4. The number of nitriles is 1. The average molecular weight is 1120 g/mol. The van der Waals surface area contributed by atoms with Crippen molar-refractivity contribution < 1.29 is 0 Å².